The van der Waals surface area contributed by atoms with Crippen molar-refractivity contribution in [1.29, 1.82) is 0 Å². The molecule has 0 heterocycles. The monoisotopic (exact) mass is 266 g/mol. The molecule has 1 unspecified atom stereocenters. The summed E-state index contributed by atoms with van der Waals surface area (Å²) in [4.78, 5) is 11.4. The Balaban J connectivity index is 2.12. The number of benzene rings is 1. The first-order valence-corrected chi connectivity index (χ1v) is 6.91. The molecule has 3 nitrogen and oxygen atoms in total. The predicted octanol–water partition coefficient (Wildman–Crippen LogP) is 3.25. The number of nitrogens with one attached hydrogen (secondary N) is 2. The van der Waals surface area contributed by atoms with Gasteiger partial charge in [0.15, 0.2) is 0 Å². The van der Waals surface area contributed by atoms with Crippen molar-refractivity contribution in [3.8, 4) is 0 Å². The molecule has 0 saturated carbocycles. The second-order valence-corrected chi connectivity index (χ2v) is 4.76. The van der Waals surface area contributed by atoms with Crippen LogP contribution in [-0.2, 0) is 6.42 Å². The van der Waals surface area contributed by atoms with Crippen molar-refractivity contribution < 1.29 is 9.18 Å². The quantitative estimate of drug-likeness (QED) is 0.731. The number of carbonyl (C=O) groups is 1. The summed E-state index contributed by atoms with van der Waals surface area (Å²) >= 11 is 0. The van der Waals surface area contributed by atoms with Gasteiger partial charge in [0, 0.05) is 12.6 Å². The van der Waals surface area contributed by atoms with Crippen molar-refractivity contribution in [2.24, 2.45) is 0 Å². The largest absolute Gasteiger partial charge is 0.338 e. The van der Waals surface area contributed by atoms with Gasteiger partial charge in [-0.15, -0.1) is 0 Å². The molecule has 1 rings (SSSR count). The zero-order chi connectivity index (χ0) is 14.1. The molecule has 1 atom stereocenters. The van der Waals surface area contributed by atoms with Crippen molar-refractivity contribution >= 4 is 6.03 Å². The Hall–Kier alpha value is -1.58. The molecule has 1 aromatic carbocycles. The van der Waals surface area contributed by atoms with Crippen LogP contribution in [0.1, 0.15) is 38.7 Å². The molecular formula is C15H23FN2O. The topological polar surface area (TPSA) is 41.1 Å². The van der Waals surface area contributed by atoms with Crippen LogP contribution in [-0.4, -0.2) is 18.6 Å². The molecule has 0 fully saturated rings. The molecule has 1 aromatic rings. The maximum absolute atomic E-state index is 13.3. The molecule has 0 aliphatic heterocycles. The Morgan fingerprint density at radius 1 is 1.32 bits per heavy atom. The summed E-state index contributed by atoms with van der Waals surface area (Å²) in [7, 11) is 0. The lowest BCUT2D eigenvalue weighted by atomic mass is 10.1. The molecule has 2 amide bonds. The first kappa shape index (κ1) is 15.5. The fourth-order valence-electron chi connectivity index (χ4n) is 1.72. The highest BCUT2D eigenvalue weighted by Gasteiger charge is 2.04. The van der Waals surface area contributed by atoms with Gasteiger partial charge in [0.1, 0.15) is 5.82 Å². The van der Waals surface area contributed by atoms with Crippen LogP contribution in [0.5, 0.6) is 0 Å². The lowest BCUT2D eigenvalue weighted by Gasteiger charge is -2.12. The van der Waals surface area contributed by atoms with Crippen LogP contribution >= 0.6 is 0 Å². The number of aryl methyl sites for hydroxylation is 1. The Labute approximate surface area is 114 Å². The van der Waals surface area contributed by atoms with E-state index in [4.69, 9.17) is 0 Å². The van der Waals surface area contributed by atoms with Crippen LogP contribution in [0.3, 0.4) is 0 Å². The van der Waals surface area contributed by atoms with Crippen molar-refractivity contribution in [2.75, 3.05) is 6.54 Å². The van der Waals surface area contributed by atoms with Crippen LogP contribution in [0.2, 0.25) is 0 Å². The average Bonchev–Trinajstić information content (AvgIpc) is 2.40. The van der Waals surface area contributed by atoms with Gasteiger partial charge in [0.05, 0.1) is 0 Å². The maximum atomic E-state index is 13.3. The van der Waals surface area contributed by atoms with E-state index < -0.39 is 0 Å². The molecule has 2 N–H and O–H groups in total. The smallest absolute Gasteiger partial charge is 0.314 e. The number of hydrogen-bond acceptors (Lipinski definition) is 1. The molecule has 0 aliphatic rings. The molecule has 0 bridgehead atoms. The van der Waals surface area contributed by atoms with Gasteiger partial charge >= 0.3 is 6.03 Å². The van der Waals surface area contributed by atoms with Gasteiger partial charge in [-0.1, -0.05) is 25.1 Å². The highest BCUT2D eigenvalue weighted by atomic mass is 19.1. The van der Waals surface area contributed by atoms with Gasteiger partial charge in [-0.25, -0.2) is 9.18 Å². The third kappa shape index (κ3) is 6.22. The summed E-state index contributed by atoms with van der Waals surface area (Å²) in [6, 6.07) is 6.89. The van der Waals surface area contributed by atoms with Gasteiger partial charge in [0.2, 0.25) is 0 Å². The van der Waals surface area contributed by atoms with E-state index >= 15 is 0 Å². The summed E-state index contributed by atoms with van der Waals surface area (Å²) in [5, 5.41) is 5.64. The zero-order valence-corrected chi connectivity index (χ0v) is 11.7. The Morgan fingerprint density at radius 3 is 2.74 bits per heavy atom. The number of halogens is 1. The van der Waals surface area contributed by atoms with E-state index in [0.717, 1.165) is 24.8 Å². The van der Waals surface area contributed by atoms with E-state index in [-0.39, 0.29) is 17.9 Å². The summed E-state index contributed by atoms with van der Waals surface area (Å²) in [5.41, 5.74) is 0.742. The second-order valence-electron chi connectivity index (χ2n) is 4.76. The van der Waals surface area contributed by atoms with Crippen LogP contribution in [0.15, 0.2) is 24.3 Å². The fourth-order valence-corrected chi connectivity index (χ4v) is 1.72. The number of hydrogen-bond donors (Lipinski definition) is 2. The third-order valence-corrected chi connectivity index (χ3v) is 3.11. The van der Waals surface area contributed by atoms with Gasteiger partial charge in [-0.3, -0.25) is 0 Å². The van der Waals surface area contributed by atoms with Crippen molar-refractivity contribution in [3.05, 3.63) is 35.6 Å². The van der Waals surface area contributed by atoms with E-state index in [1.807, 2.05) is 19.9 Å². The van der Waals surface area contributed by atoms with Crippen LogP contribution < -0.4 is 10.6 Å². The normalized spacial score (nSPS) is 11.9. The Bertz CT molecular complexity index is 395. The zero-order valence-electron chi connectivity index (χ0n) is 11.7. The summed E-state index contributed by atoms with van der Waals surface area (Å²) in [5.74, 6) is -0.148. The minimum absolute atomic E-state index is 0.125. The standard InChI is InChI=1S/C15H23FN2O/c1-3-12(2)18-15(19)17-11-7-6-9-13-8-4-5-10-14(13)16/h4-5,8,10,12H,3,6-7,9,11H2,1-2H3,(H2,17,18,19). The number of amides is 2. The van der Waals surface area contributed by atoms with E-state index in [1.165, 1.54) is 6.07 Å². The lowest BCUT2D eigenvalue weighted by molar-refractivity contribution is 0.237. The second kappa shape index (κ2) is 8.51. The third-order valence-electron chi connectivity index (χ3n) is 3.11. The number of rotatable bonds is 7. The maximum Gasteiger partial charge on any atom is 0.314 e. The van der Waals surface area contributed by atoms with Gasteiger partial charge in [-0.05, 0) is 44.2 Å². The molecule has 106 valence electrons. The Kier molecular flexibility index (Phi) is 6.93. The van der Waals surface area contributed by atoms with E-state index in [2.05, 4.69) is 10.6 Å². The van der Waals surface area contributed by atoms with Gasteiger partial charge < -0.3 is 10.6 Å². The molecule has 0 spiro atoms. The predicted molar refractivity (Wildman–Crippen MR) is 75.6 cm³/mol. The van der Waals surface area contributed by atoms with Gasteiger partial charge in [0.25, 0.3) is 0 Å². The minimum atomic E-state index is -0.148. The first-order chi connectivity index (χ1) is 9.13. The van der Waals surface area contributed by atoms with Crippen LogP contribution in [0, 0.1) is 5.82 Å². The van der Waals surface area contributed by atoms with Crippen molar-refractivity contribution in [2.45, 2.75) is 45.6 Å². The SMILES string of the molecule is CCC(C)NC(=O)NCCCCc1ccccc1F. The van der Waals surface area contributed by atoms with E-state index in [9.17, 15) is 9.18 Å². The summed E-state index contributed by atoms with van der Waals surface area (Å²) in [6.07, 6.45) is 3.34. The van der Waals surface area contributed by atoms with Gasteiger partial charge in [-0.2, -0.15) is 0 Å². The molecule has 19 heavy (non-hydrogen) atoms. The van der Waals surface area contributed by atoms with Crippen molar-refractivity contribution in [1.82, 2.24) is 10.6 Å². The summed E-state index contributed by atoms with van der Waals surface area (Å²) < 4.78 is 13.3. The lowest BCUT2D eigenvalue weighted by Crippen LogP contribution is -2.40. The number of urea groups is 1. The molecule has 0 saturated heterocycles. The molecule has 0 aliphatic carbocycles. The average molecular weight is 266 g/mol. The van der Waals surface area contributed by atoms with E-state index in [1.54, 1.807) is 12.1 Å². The number of carbonyl (C=O) groups excluding carboxylic acids is 1. The molecule has 0 radical (unpaired) electrons. The summed E-state index contributed by atoms with van der Waals surface area (Å²) in [6.45, 7) is 4.62. The number of unbranched alkanes of at least 4 members (excludes halogenated alkanes) is 1. The Morgan fingerprint density at radius 2 is 2.05 bits per heavy atom. The van der Waals surface area contributed by atoms with Crippen LogP contribution in [0.4, 0.5) is 9.18 Å². The highest BCUT2D eigenvalue weighted by molar-refractivity contribution is 5.74. The first-order valence-electron chi connectivity index (χ1n) is 6.91. The minimum Gasteiger partial charge on any atom is -0.338 e. The van der Waals surface area contributed by atoms with E-state index in [0.29, 0.717) is 13.0 Å². The van der Waals surface area contributed by atoms with Crippen LogP contribution in [0.25, 0.3) is 0 Å². The molecule has 4 heteroatoms. The van der Waals surface area contributed by atoms with Crippen molar-refractivity contribution in [3.63, 3.8) is 0 Å². The molecule has 0 aromatic heterocycles. The molecular weight excluding hydrogens is 243 g/mol. The fraction of sp³-hybridized carbons (Fsp3) is 0.533. The highest BCUT2D eigenvalue weighted by Crippen LogP contribution is 2.09.